The minimum Gasteiger partial charge on any atom is -0.410 e. The van der Waals surface area contributed by atoms with Gasteiger partial charge >= 0.3 is 6.09 Å². The first-order valence-corrected chi connectivity index (χ1v) is 4.83. The number of hydrogen-bond acceptors (Lipinski definition) is 2. The predicted molar refractivity (Wildman–Crippen MR) is 55.4 cm³/mol. The zero-order valence-electron chi connectivity index (χ0n) is 8.32. The van der Waals surface area contributed by atoms with Gasteiger partial charge in [0, 0.05) is 6.54 Å². The second kappa shape index (κ2) is 6.02. The Kier molecular flexibility index (Phi) is 4.55. The van der Waals surface area contributed by atoms with Crippen LogP contribution in [0.3, 0.4) is 0 Å². The van der Waals surface area contributed by atoms with E-state index < -0.39 is 0 Å². The van der Waals surface area contributed by atoms with Gasteiger partial charge in [-0.2, -0.15) is 0 Å². The third kappa shape index (κ3) is 3.94. The van der Waals surface area contributed by atoms with E-state index in [1.807, 2.05) is 18.2 Å². The molecular formula is C11H15NO2. The standard InChI is InChI=1S/C11H15NO2/c1-2-3-9-12-11(13)14-10-7-5-4-6-8-10/h4-8H,2-3,9H2,1H3,(H,12,13). The van der Waals surface area contributed by atoms with E-state index in [0.717, 1.165) is 12.8 Å². The van der Waals surface area contributed by atoms with Gasteiger partial charge in [-0.1, -0.05) is 31.5 Å². The average Bonchev–Trinajstić information content (AvgIpc) is 2.20. The van der Waals surface area contributed by atoms with Gasteiger partial charge in [0.05, 0.1) is 0 Å². The summed E-state index contributed by atoms with van der Waals surface area (Å²) in [5.74, 6) is 0.571. The van der Waals surface area contributed by atoms with Crippen LogP contribution in [0.25, 0.3) is 0 Å². The Morgan fingerprint density at radius 1 is 1.36 bits per heavy atom. The molecule has 0 aliphatic heterocycles. The quantitative estimate of drug-likeness (QED) is 0.746. The van der Waals surface area contributed by atoms with Crippen LogP contribution < -0.4 is 10.1 Å². The number of benzene rings is 1. The molecule has 0 heterocycles. The SMILES string of the molecule is CCCCNC(=O)Oc1ccccc1. The van der Waals surface area contributed by atoms with Gasteiger partial charge in [0.1, 0.15) is 5.75 Å². The summed E-state index contributed by atoms with van der Waals surface area (Å²) in [6.07, 6.45) is 1.65. The van der Waals surface area contributed by atoms with Crippen molar-refractivity contribution in [2.75, 3.05) is 6.54 Å². The molecule has 0 spiro atoms. The summed E-state index contributed by atoms with van der Waals surface area (Å²) in [5, 5.41) is 2.67. The molecule has 0 saturated carbocycles. The molecule has 76 valence electrons. The molecular weight excluding hydrogens is 178 g/mol. The molecule has 0 bridgehead atoms. The summed E-state index contributed by atoms with van der Waals surface area (Å²) in [6, 6.07) is 9.03. The first-order chi connectivity index (χ1) is 6.83. The Labute approximate surface area is 84.1 Å². The van der Waals surface area contributed by atoms with Gasteiger partial charge < -0.3 is 10.1 Å². The number of unbranched alkanes of at least 4 members (excludes halogenated alkanes) is 1. The monoisotopic (exact) mass is 193 g/mol. The molecule has 3 nitrogen and oxygen atoms in total. The van der Waals surface area contributed by atoms with E-state index in [1.54, 1.807) is 12.1 Å². The maximum atomic E-state index is 11.2. The Bertz CT molecular complexity index is 272. The van der Waals surface area contributed by atoms with Gasteiger partial charge in [0.15, 0.2) is 0 Å². The molecule has 1 amide bonds. The van der Waals surface area contributed by atoms with Crippen molar-refractivity contribution in [2.45, 2.75) is 19.8 Å². The molecule has 0 radical (unpaired) electrons. The molecule has 0 aliphatic carbocycles. The van der Waals surface area contributed by atoms with Gasteiger partial charge in [0.25, 0.3) is 0 Å². The van der Waals surface area contributed by atoms with Crippen molar-refractivity contribution >= 4 is 6.09 Å². The number of nitrogens with one attached hydrogen (secondary N) is 1. The highest BCUT2D eigenvalue weighted by atomic mass is 16.5. The van der Waals surface area contributed by atoms with Gasteiger partial charge in [-0.3, -0.25) is 0 Å². The highest BCUT2D eigenvalue weighted by Gasteiger charge is 2.01. The maximum absolute atomic E-state index is 11.2. The van der Waals surface area contributed by atoms with Crippen molar-refractivity contribution in [3.8, 4) is 5.75 Å². The summed E-state index contributed by atoms with van der Waals surface area (Å²) in [7, 11) is 0. The molecule has 0 unspecified atom stereocenters. The third-order valence-corrected chi connectivity index (χ3v) is 1.75. The molecule has 1 aromatic rings. The molecule has 1 rings (SSSR count). The molecule has 0 saturated heterocycles. The minimum absolute atomic E-state index is 0.385. The molecule has 3 heteroatoms. The summed E-state index contributed by atoms with van der Waals surface area (Å²) in [4.78, 5) is 11.2. The van der Waals surface area contributed by atoms with Crippen LogP contribution in [0, 0.1) is 0 Å². The van der Waals surface area contributed by atoms with Crippen LogP contribution in [-0.2, 0) is 0 Å². The molecule has 1 aromatic carbocycles. The Morgan fingerprint density at radius 3 is 2.71 bits per heavy atom. The zero-order chi connectivity index (χ0) is 10.2. The first kappa shape index (κ1) is 10.6. The highest BCUT2D eigenvalue weighted by molar-refractivity contribution is 5.70. The largest absolute Gasteiger partial charge is 0.412 e. The van der Waals surface area contributed by atoms with E-state index in [-0.39, 0.29) is 6.09 Å². The topological polar surface area (TPSA) is 38.3 Å². The first-order valence-electron chi connectivity index (χ1n) is 4.83. The third-order valence-electron chi connectivity index (χ3n) is 1.75. The van der Waals surface area contributed by atoms with Crippen molar-refractivity contribution < 1.29 is 9.53 Å². The molecule has 0 aliphatic rings. The molecule has 0 aromatic heterocycles. The fraction of sp³-hybridized carbons (Fsp3) is 0.364. The maximum Gasteiger partial charge on any atom is 0.412 e. The molecule has 0 fully saturated rings. The number of carbonyl (C=O) groups is 1. The number of amides is 1. The minimum atomic E-state index is -0.385. The summed E-state index contributed by atoms with van der Waals surface area (Å²) in [5.41, 5.74) is 0. The van der Waals surface area contributed by atoms with Crippen molar-refractivity contribution in [3.63, 3.8) is 0 Å². The predicted octanol–water partition coefficient (Wildman–Crippen LogP) is 2.58. The Hall–Kier alpha value is -1.51. The van der Waals surface area contributed by atoms with Crippen LogP contribution in [-0.4, -0.2) is 12.6 Å². The lowest BCUT2D eigenvalue weighted by molar-refractivity contribution is 0.200. The van der Waals surface area contributed by atoms with Crippen molar-refractivity contribution in [2.24, 2.45) is 0 Å². The van der Waals surface area contributed by atoms with Crippen LogP contribution in [0.4, 0.5) is 4.79 Å². The van der Waals surface area contributed by atoms with Crippen molar-refractivity contribution in [3.05, 3.63) is 30.3 Å². The van der Waals surface area contributed by atoms with Gasteiger partial charge in [-0.05, 0) is 18.6 Å². The van der Waals surface area contributed by atoms with E-state index in [4.69, 9.17) is 4.74 Å². The number of para-hydroxylation sites is 1. The zero-order valence-corrected chi connectivity index (χ0v) is 8.32. The number of rotatable bonds is 4. The summed E-state index contributed by atoms with van der Waals surface area (Å²) in [6.45, 7) is 2.74. The molecule has 1 N–H and O–H groups in total. The van der Waals surface area contributed by atoms with Gasteiger partial charge in [-0.15, -0.1) is 0 Å². The van der Waals surface area contributed by atoms with Crippen LogP contribution >= 0.6 is 0 Å². The lowest BCUT2D eigenvalue weighted by atomic mass is 10.3. The summed E-state index contributed by atoms with van der Waals surface area (Å²) >= 11 is 0. The smallest absolute Gasteiger partial charge is 0.410 e. The second-order valence-electron chi connectivity index (χ2n) is 2.98. The lowest BCUT2D eigenvalue weighted by Gasteiger charge is -2.05. The Morgan fingerprint density at radius 2 is 2.07 bits per heavy atom. The normalized spacial score (nSPS) is 9.50. The second-order valence-corrected chi connectivity index (χ2v) is 2.98. The van der Waals surface area contributed by atoms with E-state index in [0.29, 0.717) is 12.3 Å². The molecule has 0 atom stereocenters. The number of carbonyl (C=O) groups excluding carboxylic acids is 1. The van der Waals surface area contributed by atoms with E-state index in [1.165, 1.54) is 0 Å². The van der Waals surface area contributed by atoms with Crippen LogP contribution in [0.5, 0.6) is 5.75 Å². The van der Waals surface area contributed by atoms with E-state index in [9.17, 15) is 4.79 Å². The van der Waals surface area contributed by atoms with Gasteiger partial charge in [0.2, 0.25) is 0 Å². The highest BCUT2D eigenvalue weighted by Crippen LogP contribution is 2.07. The fourth-order valence-electron chi connectivity index (χ4n) is 0.999. The number of hydrogen-bond donors (Lipinski definition) is 1. The Balaban J connectivity index is 2.27. The van der Waals surface area contributed by atoms with Gasteiger partial charge in [-0.25, -0.2) is 4.79 Å². The van der Waals surface area contributed by atoms with Crippen LogP contribution in [0.1, 0.15) is 19.8 Å². The summed E-state index contributed by atoms with van der Waals surface area (Å²) < 4.78 is 5.01. The van der Waals surface area contributed by atoms with Crippen molar-refractivity contribution in [1.82, 2.24) is 5.32 Å². The lowest BCUT2D eigenvalue weighted by Crippen LogP contribution is -2.27. The van der Waals surface area contributed by atoms with Crippen LogP contribution in [0.15, 0.2) is 30.3 Å². The van der Waals surface area contributed by atoms with E-state index in [2.05, 4.69) is 12.2 Å². The average molecular weight is 193 g/mol. The van der Waals surface area contributed by atoms with E-state index >= 15 is 0 Å². The van der Waals surface area contributed by atoms with Crippen LogP contribution in [0.2, 0.25) is 0 Å². The van der Waals surface area contributed by atoms with Crippen molar-refractivity contribution in [1.29, 1.82) is 0 Å². The number of ether oxygens (including phenoxy) is 1. The fourth-order valence-corrected chi connectivity index (χ4v) is 0.999. The molecule has 14 heavy (non-hydrogen) atoms.